The summed E-state index contributed by atoms with van der Waals surface area (Å²) in [5.41, 5.74) is 1.31. The molecule has 3 nitrogen and oxygen atoms in total. The van der Waals surface area contributed by atoms with Gasteiger partial charge in [0, 0.05) is 32.2 Å². The number of rotatable bonds is 3. The number of benzene rings is 1. The summed E-state index contributed by atoms with van der Waals surface area (Å²) in [5.74, 6) is 1.07. The fourth-order valence-electron chi connectivity index (χ4n) is 2.91. The van der Waals surface area contributed by atoms with Crippen molar-refractivity contribution < 1.29 is 5.11 Å². The molecular weight excluding hydrogens is 372 g/mol. The van der Waals surface area contributed by atoms with Crippen molar-refractivity contribution in [1.82, 2.24) is 10.2 Å². The molecule has 3 rings (SSSR count). The zero-order chi connectivity index (χ0) is 13.4. The minimum absolute atomic E-state index is 0.290. The molecule has 1 atom stereocenters. The fraction of sp³-hybridized carbons (Fsp3) is 0.571. The smallest absolute Gasteiger partial charge is 0.143 e. The molecule has 0 aromatic heterocycles. The zero-order valence-electron chi connectivity index (χ0n) is 10.7. The topological polar surface area (TPSA) is 35.5 Å². The van der Waals surface area contributed by atoms with Gasteiger partial charge < -0.3 is 10.4 Å². The first-order valence-corrected chi connectivity index (χ1v) is 8.38. The van der Waals surface area contributed by atoms with Crippen molar-refractivity contribution in [3.8, 4) is 5.75 Å². The number of phenols is 1. The molecular formula is C14H18Br2N2O. The minimum Gasteiger partial charge on any atom is -0.506 e. The molecule has 0 radical (unpaired) electrons. The van der Waals surface area contributed by atoms with Gasteiger partial charge in [0.1, 0.15) is 5.75 Å². The number of hydrogen-bond acceptors (Lipinski definition) is 3. The van der Waals surface area contributed by atoms with Crippen LogP contribution in [0.2, 0.25) is 0 Å². The highest BCUT2D eigenvalue weighted by atomic mass is 79.9. The fourth-order valence-corrected chi connectivity index (χ4v) is 4.13. The molecule has 2 fully saturated rings. The van der Waals surface area contributed by atoms with E-state index in [0.717, 1.165) is 41.0 Å². The lowest BCUT2D eigenvalue weighted by Crippen LogP contribution is -2.45. The van der Waals surface area contributed by atoms with Gasteiger partial charge in [0.05, 0.1) is 8.95 Å². The van der Waals surface area contributed by atoms with E-state index in [9.17, 15) is 5.11 Å². The second kappa shape index (κ2) is 5.72. The summed E-state index contributed by atoms with van der Waals surface area (Å²) in [5, 5.41) is 13.3. The lowest BCUT2D eigenvalue weighted by atomic mass is 9.99. The van der Waals surface area contributed by atoms with E-state index in [-0.39, 0.29) is 0 Å². The molecule has 1 aromatic carbocycles. The highest BCUT2D eigenvalue weighted by Crippen LogP contribution is 2.47. The van der Waals surface area contributed by atoms with Gasteiger partial charge in [-0.05, 0) is 68.3 Å². The number of nitrogens with one attached hydrogen (secondary N) is 1. The predicted molar refractivity (Wildman–Crippen MR) is 83.4 cm³/mol. The van der Waals surface area contributed by atoms with Crippen LogP contribution in [0, 0.1) is 5.92 Å². The van der Waals surface area contributed by atoms with Crippen LogP contribution in [0.25, 0.3) is 0 Å². The van der Waals surface area contributed by atoms with E-state index in [0.29, 0.717) is 11.8 Å². The third kappa shape index (κ3) is 2.99. The minimum atomic E-state index is 0.290. The number of nitrogens with zero attached hydrogens (tertiary/aromatic N) is 1. The van der Waals surface area contributed by atoms with Gasteiger partial charge in [-0.3, -0.25) is 4.90 Å². The molecule has 0 unspecified atom stereocenters. The molecule has 19 heavy (non-hydrogen) atoms. The Labute approximate surface area is 130 Å². The number of piperazine rings is 1. The van der Waals surface area contributed by atoms with Gasteiger partial charge in [-0.2, -0.15) is 0 Å². The summed E-state index contributed by atoms with van der Waals surface area (Å²) in [7, 11) is 0. The monoisotopic (exact) mass is 388 g/mol. The molecule has 5 heteroatoms. The van der Waals surface area contributed by atoms with E-state index in [2.05, 4.69) is 54.2 Å². The van der Waals surface area contributed by atoms with Crippen LogP contribution in [-0.4, -0.2) is 36.2 Å². The molecule has 0 bridgehead atoms. The van der Waals surface area contributed by atoms with Crippen molar-refractivity contribution >= 4 is 31.9 Å². The molecule has 1 saturated heterocycles. The van der Waals surface area contributed by atoms with Crippen molar-refractivity contribution in [3.63, 3.8) is 0 Å². The second-order valence-electron chi connectivity index (χ2n) is 5.40. The van der Waals surface area contributed by atoms with Crippen LogP contribution in [0.5, 0.6) is 5.75 Å². The van der Waals surface area contributed by atoms with E-state index in [1.807, 2.05) is 0 Å². The van der Waals surface area contributed by atoms with Crippen LogP contribution in [-0.2, 0) is 0 Å². The molecule has 2 N–H and O–H groups in total. The zero-order valence-corrected chi connectivity index (χ0v) is 13.9. The average molecular weight is 390 g/mol. The van der Waals surface area contributed by atoms with Crippen molar-refractivity contribution in [3.05, 3.63) is 26.6 Å². The average Bonchev–Trinajstić information content (AvgIpc) is 3.22. The summed E-state index contributed by atoms with van der Waals surface area (Å²) in [4.78, 5) is 2.58. The lowest BCUT2D eigenvalue weighted by Gasteiger charge is -2.35. The van der Waals surface area contributed by atoms with E-state index in [1.54, 1.807) is 0 Å². The maximum Gasteiger partial charge on any atom is 0.143 e. The quantitative estimate of drug-likeness (QED) is 0.832. The predicted octanol–water partition coefficient (Wildman–Crippen LogP) is 3.27. The third-order valence-electron chi connectivity index (χ3n) is 3.99. The van der Waals surface area contributed by atoms with Gasteiger partial charge in [0.15, 0.2) is 0 Å². The lowest BCUT2D eigenvalue weighted by molar-refractivity contribution is 0.156. The van der Waals surface area contributed by atoms with Gasteiger partial charge in [-0.15, -0.1) is 0 Å². The van der Waals surface area contributed by atoms with Crippen LogP contribution in [0.1, 0.15) is 24.4 Å². The second-order valence-corrected chi connectivity index (χ2v) is 7.11. The van der Waals surface area contributed by atoms with E-state index >= 15 is 0 Å². The molecule has 104 valence electrons. The standard InChI is InChI=1S/C14H18Br2N2O/c15-11-7-10(8-12(16)14(11)19)13(9-1-2-9)18-5-3-17-4-6-18/h7-9,13,17,19H,1-6H2/t13-/m1/s1. The summed E-state index contributed by atoms with van der Waals surface area (Å²) in [6, 6.07) is 4.64. The van der Waals surface area contributed by atoms with Crippen LogP contribution >= 0.6 is 31.9 Å². The molecule has 1 saturated carbocycles. The SMILES string of the molecule is Oc1c(Br)cc([C@@H](C2CC2)N2CCNCC2)cc1Br. The summed E-state index contributed by atoms with van der Waals surface area (Å²) < 4.78 is 1.55. The van der Waals surface area contributed by atoms with E-state index in [4.69, 9.17) is 0 Å². The van der Waals surface area contributed by atoms with E-state index < -0.39 is 0 Å². The normalized spacial score (nSPS) is 22.4. The molecule has 1 heterocycles. The molecule has 1 aliphatic heterocycles. The molecule has 1 aromatic rings. The maximum absolute atomic E-state index is 9.86. The Morgan fingerprint density at radius 2 is 1.74 bits per heavy atom. The van der Waals surface area contributed by atoms with Crippen molar-refractivity contribution in [1.29, 1.82) is 0 Å². The maximum atomic E-state index is 9.86. The first-order valence-electron chi connectivity index (χ1n) is 6.79. The molecule has 1 aliphatic carbocycles. The number of phenolic OH excluding ortho intramolecular Hbond substituents is 1. The highest BCUT2D eigenvalue weighted by Gasteiger charge is 2.37. The van der Waals surface area contributed by atoms with Crippen LogP contribution in [0.3, 0.4) is 0 Å². The molecule has 0 amide bonds. The summed E-state index contributed by atoms with van der Waals surface area (Å²) in [6.45, 7) is 4.36. The third-order valence-corrected chi connectivity index (χ3v) is 5.20. The first-order chi connectivity index (χ1) is 9.16. The van der Waals surface area contributed by atoms with Crippen molar-refractivity contribution in [2.75, 3.05) is 26.2 Å². The largest absolute Gasteiger partial charge is 0.506 e. The van der Waals surface area contributed by atoms with Gasteiger partial charge in [-0.1, -0.05) is 0 Å². The van der Waals surface area contributed by atoms with Gasteiger partial charge in [0.2, 0.25) is 0 Å². The Morgan fingerprint density at radius 3 is 2.26 bits per heavy atom. The first kappa shape index (κ1) is 13.9. The Balaban J connectivity index is 1.91. The summed E-state index contributed by atoms with van der Waals surface area (Å²) >= 11 is 6.90. The van der Waals surface area contributed by atoms with Gasteiger partial charge in [-0.25, -0.2) is 0 Å². The Hall–Kier alpha value is -0.100. The Bertz CT molecular complexity index is 448. The van der Waals surface area contributed by atoms with Gasteiger partial charge >= 0.3 is 0 Å². The number of halogens is 2. The Morgan fingerprint density at radius 1 is 1.16 bits per heavy atom. The van der Waals surface area contributed by atoms with Crippen LogP contribution in [0.4, 0.5) is 0 Å². The summed E-state index contributed by atoms with van der Waals surface area (Å²) in [6.07, 6.45) is 2.65. The number of hydrogen-bond donors (Lipinski definition) is 2. The van der Waals surface area contributed by atoms with Crippen molar-refractivity contribution in [2.45, 2.75) is 18.9 Å². The van der Waals surface area contributed by atoms with E-state index in [1.165, 1.54) is 18.4 Å². The number of aromatic hydroxyl groups is 1. The van der Waals surface area contributed by atoms with Crippen molar-refractivity contribution in [2.24, 2.45) is 5.92 Å². The van der Waals surface area contributed by atoms with Crippen LogP contribution < -0.4 is 5.32 Å². The van der Waals surface area contributed by atoms with Gasteiger partial charge in [0.25, 0.3) is 0 Å². The van der Waals surface area contributed by atoms with Crippen LogP contribution in [0.15, 0.2) is 21.1 Å². The Kier molecular flexibility index (Phi) is 4.17. The highest BCUT2D eigenvalue weighted by molar-refractivity contribution is 9.11. The molecule has 2 aliphatic rings. The molecule has 0 spiro atoms.